The summed E-state index contributed by atoms with van der Waals surface area (Å²) in [4.78, 5) is 33.3. The van der Waals surface area contributed by atoms with E-state index in [0.717, 1.165) is 41.6 Å². The number of halogens is 1. The van der Waals surface area contributed by atoms with Crippen LogP contribution in [0.1, 0.15) is 33.6 Å². The van der Waals surface area contributed by atoms with E-state index in [4.69, 9.17) is 16.6 Å². The van der Waals surface area contributed by atoms with Gasteiger partial charge in [-0.3, -0.25) is 14.2 Å². The van der Waals surface area contributed by atoms with Crippen LogP contribution in [-0.2, 0) is 12.8 Å². The number of fused-ring (bicyclic) bond motifs is 3. The number of benzene rings is 2. The van der Waals surface area contributed by atoms with E-state index >= 15 is 0 Å². The summed E-state index contributed by atoms with van der Waals surface area (Å²) in [7, 11) is 0. The Kier molecular flexibility index (Phi) is 5.69. The fourth-order valence-corrected chi connectivity index (χ4v) is 6.27. The number of hydrogen-bond donors (Lipinski definition) is 0. The first-order valence-electron chi connectivity index (χ1n) is 10.2. The van der Waals surface area contributed by atoms with Crippen molar-refractivity contribution in [3.63, 3.8) is 0 Å². The molecule has 4 nitrogen and oxygen atoms in total. The molecule has 7 heteroatoms. The van der Waals surface area contributed by atoms with Crippen molar-refractivity contribution in [1.82, 2.24) is 9.55 Å². The monoisotopic (exact) mass is 466 g/mol. The average molecular weight is 467 g/mol. The summed E-state index contributed by atoms with van der Waals surface area (Å²) in [5.41, 5.74) is 2.48. The lowest BCUT2D eigenvalue weighted by Crippen LogP contribution is -2.22. The lowest BCUT2D eigenvalue weighted by molar-refractivity contribution is 0.102. The Bertz CT molecular complexity index is 1330. The van der Waals surface area contributed by atoms with E-state index in [0.29, 0.717) is 15.7 Å². The molecule has 0 fully saturated rings. The number of rotatable bonds is 5. The number of carbonyl (C=O) groups is 1. The molecule has 2 aromatic heterocycles. The molecule has 156 valence electrons. The third-order valence-electron chi connectivity index (χ3n) is 5.47. The molecule has 31 heavy (non-hydrogen) atoms. The average Bonchev–Trinajstić information content (AvgIpc) is 3.17. The van der Waals surface area contributed by atoms with E-state index in [1.807, 2.05) is 30.3 Å². The zero-order valence-corrected chi connectivity index (χ0v) is 19.0. The highest BCUT2D eigenvalue weighted by Gasteiger charge is 2.23. The minimum Gasteiger partial charge on any atom is -0.293 e. The lowest BCUT2D eigenvalue weighted by Gasteiger charge is -2.13. The Morgan fingerprint density at radius 2 is 1.81 bits per heavy atom. The van der Waals surface area contributed by atoms with Crippen molar-refractivity contribution in [2.24, 2.45) is 0 Å². The molecular formula is C24H19ClN2O2S2. The molecule has 0 unspecified atom stereocenters. The number of hydrogen-bond acceptors (Lipinski definition) is 5. The van der Waals surface area contributed by atoms with Gasteiger partial charge in [0.2, 0.25) is 0 Å². The number of aromatic nitrogens is 2. The highest BCUT2D eigenvalue weighted by Crippen LogP contribution is 2.35. The van der Waals surface area contributed by atoms with Crippen LogP contribution in [0.4, 0.5) is 0 Å². The summed E-state index contributed by atoms with van der Waals surface area (Å²) in [6.07, 6.45) is 4.21. The van der Waals surface area contributed by atoms with Crippen LogP contribution in [0.2, 0.25) is 5.02 Å². The third-order valence-corrected chi connectivity index (χ3v) is 7.85. The quantitative estimate of drug-likeness (QED) is 0.207. The van der Waals surface area contributed by atoms with Crippen LogP contribution in [0, 0.1) is 0 Å². The predicted octanol–water partition coefficient (Wildman–Crippen LogP) is 5.95. The minimum absolute atomic E-state index is 0.0268. The number of aryl methyl sites for hydroxylation is 2. The van der Waals surface area contributed by atoms with E-state index < -0.39 is 0 Å². The van der Waals surface area contributed by atoms with Gasteiger partial charge in [-0.25, -0.2) is 4.98 Å². The number of Topliss-reactive ketones (excluding diaryl/α,β-unsaturated/α-hetero) is 1. The second-order valence-electron chi connectivity index (χ2n) is 7.48. The second kappa shape index (κ2) is 8.61. The Morgan fingerprint density at radius 1 is 1.06 bits per heavy atom. The summed E-state index contributed by atoms with van der Waals surface area (Å²) in [5.74, 6) is 0.165. The molecule has 1 aliphatic carbocycles. The van der Waals surface area contributed by atoms with Crippen molar-refractivity contribution >= 4 is 50.7 Å². The van der Waals surface area contributed by atoms with Crippen molar-refractivity contribution in [2.75, 3.05) is 5.75 Å². The van der Waals surface area contributed by atoms with Crippen LogP contribution in [0.25, 0.3) is 15.9 Å². The molecule has 2 aromatic carbocycles. The lowest BCUT2D eigenvalue weighted by atomic mass is 9.97. The first-order valence-corrected chi connectivity index (χ1v) is 12.3. The molecule has 0 bridgehead atoms. The predicted molar refractivity (Wildman–Crippen MR) is 128 cm³/mol. The van der Waals surface area contributed by atoms with Crippen molar-refractivity contribution in [2.45, 2.75) is 30.8 Å². The number of ketones is 1. The Balaban J connectivity index is 1.58. The largest absolute Gasteiger partial charge is 0.293 e. The maximum atomic E-state index is 13.7. The van der Waals surface area contributed by atoms with Gasteiger partial charge < -0.3 is 0 Å². The molecule has 0 atom stereocenters. The first-order chi connectivity index (χ1) is 15.1. The van der Waals surface area contributed by atoms with Gasteiger partial charge in [0.05, 0.1) is 16.8 Å². The van der Waals surface area contributed by atoms with Crippen molar-refractivity contribution < 1.29 is 4.79 Å². The van der Waals surface area contributed by atoms with Gasteiger partial charge in [-0.05, 0) is 67.6 Å². The number of para-hydroxylation sites is 1. The summed E-state index contributed by atoms with van der Waals surface area (Å²) >= 11 is 8.86. The molecular weight excluding hydrogens is 448 g/mol. The molecule has 0 saturated heterocycles. The van der Waals surface area contributed by atoms with Crippen LogP contribution in [0.5, 0.6) is 0 Å². The summed E-state index contributed by atoms with van der Waals surface area (Å²) in [5, 5.41) is 1.89. The van der Waals surface area contributed by atoms with Gasteiger partial charge in [0, 0.05) is 15.5 Å². The number of carbonyl (C=O) groups excluding carboxylic acids is 1. The molecule has 0 amide bonds. The minimum atomic E-state index is -0.0444. The van der Waals surface area contributed by atoms with E-state index in [1.54, 1.807) is 40.2 Å². The Labute approximate surface area is 192 Å². The maximum absolute atomic E-state index is 13.7. The van der Waals surface area contributed by atoms with Crippen molar-refractivity contribution in [1.29, 1.82) is 0 Å². The van der Waals surface area contributed by atoms with Gasteiger partial charge in [0.25, 0.3) is 5.56 Å². The van der Waals surface area contributed by atoms with Gasteiger partial charge in [0.15, 0.2) is 10.9 Å². The van der Waals surface area contributed by atoms with Gasteiger partial charge in [-0.1, -0.05) is 41.6 Å². The smallest absolute Gasteiger partial charge is 0.267 e. The standard InChI is InChI=1S/C24H19ClN2O2S2/c25-16-12-10-15(11-13-16)19(28)14-30-24-26-22-21(18-8-4-5-9-20(18)31-22)23(29)27(24)17-6-2-1-3-7-17/h1-3,6-7,10-13H,4-5,8-9,14H2. The van der Waals surface area contributed by atoms with Gasteiger partial charge in [0.1, 0.15) is 4.83 Å². The maximum Gasteiger partial charge on any atom is 0.267 e. The van der Waals surface area contributed by atoms with Crippen LogP contribution in [0.3, 0.4) is 0 Å². The second-order valence-corrected chi connectivity index (χ2v) is 9.94. The topological polar surface area (TPSA) is 52.0 Å². The van der Waals surface area contributed by atoms with E-state index in [2.05, 4.69) is 0 Å². The normalized spacial score (nSPS) is 13.3. The van der Waals surface area contributed by atoms with Gasteiger partial charge in [-0.15, -0.1) is 11.3 Å². The molecule has 0 aliphatic heterocycles. The van der Waals surface area contributed by atoms with Crippen LogP contribution in [0.15, 0.2) is 64.5 Å². The number of nitrogens with zero attached hydrogens (tertiary/aromatic N) is 2. The van der Waals surface area contributed by atoms with E-state index in [1.165, 1.54) is 22.2 Å². The van der Waals surface area contributed by atoms with E-state index in [-0.39, 0.29) is 17.1 Å². The fourth-order valence-electron chi connectivity index (χ4n) is 3.94. The molecule has 0 N–H and O–H groups in total. The Morgan fingerprint density at radius 3 is 2.58 bits per heavy atom. The molecule has 2 heterocycles. The number of thioether (sulfide) groups is 1. The molecule has 0 saturated carbocycles. The number of thiophene rings is 1. The summed E-state index contributed by atoms with van der Waals surface area (Å²) < 4.78 is 1.66. The van der Waals surface area contributed by atoms with Crippen LogP contribution < -0.4 is 5.56 Å². The van der Waals surface area contributed by atoms with Gasteiger partial charge >= 0.3 is 0 Å². The highest BCUT2D eigenvalue weighted by molar-refractivity contribution is 7.99. The third kappa shape index (κ3) is 3.95. The molecule has 5 rings (SSSR count). The fraction of sp³-hybridized carbons (Fsp3) is 0.208. The molecule has 4 aromatic rings. The van der Waals surface area contributed by atoms with Crippen LogP contribution in [-0.4, -0.2) is 21.1 Å². The van der Waals surface area contributed by atoms with Crippen LogP contribution >= 0.6 is 34.7 Å². The van der Waals surface area contributed by atoms with Gasteiger partial charge in [-0.2, -0.15) is 0 Å². The Hall–Kier alpha value is -2.41. The summed E-state index contributed by atoms with van der Waals surface area (Å²) in [6.45, 7) is 0. The molecule has 1 aliphatic rings. The zero-order valence-electron chi connectivity index (χ0n) is 16.6. The van der Waals surface area contributed by atoms with E-state index in [9.17, 15) is 9.59 Å². The first kappa shape index (κ1) is 20.5. The molecule has 0 spiro atoms. The zero-order chi connectivity index (χ0) is 21.4. The van der Waals surface area contributed by atoms with Crippen molar-refractivity contribution in [3.05, 3.63) is 86.0 Å². The highest BCUT2D eigenvalue weighted by atomic mass is 35.5. The molecule has 0 radical (unpaired) electrons. The van der Waals surface area contributed by atoms with Crippen molar-refractivity contribution in [3.8, 4) is 5.69 Å². The summed E-state index contributed by atoms with van der Waals surface area (Å²) in [6, 6.07) is 16.4. The SMILES string of the molecule is O=C(CSc1nc2sc3c(c2c(=O)n1-c1ccccc1)CCCC3)c1ccc(Cl)cc1.